The molecular weight excluding hydrogens is 262 g/mol. The Morgan fingerprint density at radius 1 is 1.42 bits per heavy atom. The molecular formula is C12H15N5OS. The molecule has 0 saturated heterocycles. The summed E-state index contributed by atoms with van der Waals surface area (Å²) in [6, 6.07) is 5.35. The van der Waals surface area contributed by atoms with Gasteiger partial charge in [0.2, 0.25) is 11.0 Å². The molecule has 0 bridgehead atoms. The number of nitrogens with zero attached hydrogens (tertiary/aromatic N) is 3. The summed E-state index contributed by atoms with van der Waals surface area (Å²) >= 11 is 1.26. The van der Waals surface area contributed by atoms with Gasteiger partial charge in [0.1, 0.15) is 11.6 Å². The van der Waals surface area contributed by atoms with Crippen LogP contribution in [0.1, 0.15) is 25.6 Å². The Bertz CT molecular complexity index is 540. The molecule has 2 N–H and O–H groups in total. The van der Waals surface area contributed by atoms with Gasteiger partial charge in [0, 0.05) is 23.6 Å². The van der Waals surface area contributed by atoms with Gasteiger partial charge in [-0.1, -0.05) is 19.9 Å². The molecule has 0 radical (unpaired) electrons. The molecule has 0 unspecified atom stereocenters. The molecule has 0 atom stereocenters. The van der Waals surface area contributed by atoms with Gasteiger partial charge < -0.3 is 10.6 Å². The predicted molar refractivity (Wildman–Crippen MR) is 75.4 cm³/mol. The molecule has 2 heterocycles. The Kier molecular flexibility index (Phi) is 4.40. The average Bonchev–Trinajstić information content (AvgIpc) is 2.86. The number of aromatic nitrogens is 3. The predicted octanol–water partition coefficient (Wildman–Crippen LogP) is 2.11. The summed E-state index contributed by atoms with van der Waals surface area (Å²) in [6.07, 6.45) is 1.63. The highest BCUT2D eigenvalue weighted by Crippen LogP contribution is 2.16. The molecule has 0 aliphatic rings. The van der Waals surface area contributed by atoms with Crippen molar-refractivity contribution in [1.82, 2.24) is 14.3 Å². The van der Waals surface area contributed by atoms with Crippen molar-refractivity contribution in [2.45, 2.75) is 19.8 Å². The second-order valence-electron chi connectivity index (χ2n) is 4.23. The second-order valence-corrected chi connectivity index (χ2v) is 4.98. The first-order valence-corrected chi connectivity index (χ1v) is 6.71. The van der Waals surface area contributed by atoms with E-state index in [0.29, 0.717) is 10.9 Å². The second kappa shape index (κ2) is 6.24. The monoisotopic (exact) mass is 277 g/mol. The molecule has 100 valence electrons. The number of nitrogens with one attached hydrogen (secondary N) is 2. The smallest absolute Gasteiger partial charge is 0.244 e. The Morgan fingerprint density at radius 2 is 2.26 bits per heavy atom. The van der Waals surface area contributed by atoms with Gasteiger partial charge in [0.15, 0.2) is 0 Å². The molecule has 7 heteroatoms. The summed E-state index contributed by atoms with van der Waals surface area (Å²) in [5, 5.41) is 6.28. The molecule has 0 aliphatic carbocycles. The van der Waals surface area contributed by atoms with Crippen LogP contribution in [-0.4, -0.2) is 26.8 Å². The highest BCUT2D eigenvalue weighted by atomic mass is 32.1. The van der Waals surface area contributed by atoms with E-state index in [4.69, 9.17) is 0 Å². The summed E-state index contributed by atoms with van der Waals surface area (Å²) in [5.74, 6) is 1.45. The van der Waals surface area contributed by atoms with Crippen LogP contribution in [0.15, 0.2) is 24.4 Å². The maximum Gasteiger partial charge on any atom is 0.244 e. The van der Waals surface area contributed by atoms with Crippen molar-refractivity contribution in [2.24, 2.45) is 0 Å². The minimum atomic E-state index is -0.167. The third kappa shape index (κ3) is 3.99. The molecule has 0 aliphatic heterocycles. The van der Waals surface area contributed by atoms with Crippen LogP contribution in [-0.2, 0) is 4.79 Å². The zero-order chi connectivity index (χ0) is 13.7. The lowest BCUT2D eigenvalue weighted by molar-refractivity contribution is -0.114. The van der Waals surface area contributed by atoms with Crippen LogP contribution >= 0.6 is 11.5 Å². The maximum atomic E-state index is 11.7. The fraction of sp³-hybridized carbons (Fsp3) is 0.333. The number of carbonyl (C=O) groups excluding carboxylic acids is 1. The van der Waals surface area contributed by atoms with Crippen LogP contribution in [0, 0.1) is 0 Å². The number of hydrogen-bond donors (Lipinski definition) is 2. The van der Waals surface area contributed by atoms with E-state index in [1.807, 2.05) is 19.9 Å². The first-order valence-electron chi connectivity index (χ1n) is 5.93. The van der Waals surface area contributed by atoms with E-state index in [1.54, 1.807) is 18.3 Å². The quantitative estimate of drug-likeness (QED) is 0.875. The molecule has 2 aromatic heterocycles. The van der Waals surface area contributed by atoms with E-state index >= 15 is 0 Å². The van der Waals surface area contributed by atoms with Gasteiger partial charge in [-0.05, 0) is 12.1 Å². The number of hydrogen-bond acceptors (Lipinski definition) is 6. The summed E-state index contributed by atoms with van der Waals surface area (Å²) in [6.45, 7) is 4.20. The Hall–Kier alpha value is -2.02. The number of pyridine rings is 1. The van der Waals surface area contributed by atoms with Crippen molar-refractivity contribution in [2.75, 3.05) is 17.2 Å². The maximum absolute atomic E-state index is 11.7. The van der Waals surface area contributed by atoms with Gasteiger partial charge in [-0.25, -0.2) is 9.97 Å². The number of anilines is 2. The molecule has 0 aromatic carbocycles. The number of amides is 1. The minimum Gasteiger partial charge on any atom is -0.351 e. The molecule has 1 amide bonds. The summed E-state index contributed by atoms with van der Waals surface area (Å²) in [7, 11) is 0. The lowest BCUT2D eigenvalue weighted by Crippen LogP contribution is -2.22. The first kappa shape index (κ1) is 13.4. The van der Waals surface area contributed by atoms with Gasteiger partial charge in [-0.2, -0.15) is 4.37 Å². The minimum absolute atomic E-state index is 0.142. The standard InChI is InChI=1S/C12H15N5OS/c1-8(2)11-16-12(19-17-11)14-7-10(18)15-9-5-3-4-6-13-9/h3-6,8H,7H2,1-2H3,(H,13,15,18)(H,14,16,17). The number of rotatable bonds is 5. The third-order valence-electron chi connectivity index (χ3n) is 2.29. The highest BCUT2D eigenvalue weighted by molar-refractivity contribution is 7.09. The Morgan fingerprint density at radius 3 is 2.89 bits per heavy atom. The van der Waals surface area contributed by atoms with Crippen LogP contribution in [0.3, 0.4) is 0 Å². The molecule has 0 spiro atoms. The lowest BCUT2D eigenvalue weighted by atomic mass is 10.2. The van der Waals surface area contributed by atoms with Crippen molar-refractivity contribution in [1.29, 1.82) is 0 Å². The Balaban J connectivity index is 1.83. The van der Waals surface area contributed by atoms with Crippen molar-refractivity contribution in [3.8, 4) is 0 Å². The highest BCUT2D eigenvalue weighted by Gasteiger charge is 2.08. The molecule has 0 fully saturated rings. The van der Waals surface area contributed by atoms with Gasteiger partial charge in [0.25, 0.3) is 0 Å². The van der Waals surface area contributed by atoms with Crippen LogP contribution in [0.25, 0.3) is 0 Å². The average molecular weight is 277 g/mol. The van der Waals surface area contributed by atoms with Gasteiger partial charge >= 0.3 is 0 Å². The van der Waals surface area contributed by atoms with E-state index in [1.165, 1.54) is 11.5 Å². The van der Waals surface area contributed by atoms with Crippen molar-refractivity contribution < 1.29 is 4.79 Å². The molecule has 19 heavy (non-hydrogen) atoms. The van der Waals surface area contributed by atoms with Gasteiger partial charge in [-0.3, -0.25) is 4.79 Å². The topological polar surface area (TPSA) is 79.8 Å². The lowest BCUT2D eigenvalue weighted by Gasteiger charge is -2.04. The van der Waals surface area contributed by atoms with Crippen LogP contribution < -0.4 is 10.6 Å². The van der Waals surface area contributed by atoms with Crippen molar-refractivity contribution in [3.63, 3.8) is 0 Å². The fourth-order valence-corrected chi connectivity index (χ4v) is 2.02. The first-order chi connectivity index (χ1) is 9.15. The van der Waals surface area contributed by atoms with Gasteiger partial charge in [-0.15, -0.1) is 0 Å². The SMILES string of the molecule is CC(C)c1nsc(NCC(=O)Nc2ccccn2)n1. The van der Waals surface area contributed by atoms with E-state index < -0.39 is 0 Å². The molecule has 0 saturated carbocycles. The summed E-state index contributed by atoms with van der Waals surface area (Å²) in [5.41, 5.74) is 0. The van der Waals surface area contributed by atoms with E-state index in [2.05, 4.69) is 25.0 Å². The van der Waals surface area contributed by atoms with Gasteiger partial charge in [0.05, 0.1) is 6.54 Å². The normalized spacial score (nSPS) is 10.5. The summed E-state index contributed by atoms with van der Waals surface area (Å²) < 4.78 is 4.20. The van der Waals surface area contributed by atoms with Crippen molar-refractivity contribution in [3.05, 3.63) is 30.2 Å². The summed E-state index contributed by atoms with van der Waals surface area (Å²) in [4.78, 5) is 20.0. The van der Waals surface area contributed by atoms with Crippen LogP contribution in [0.2, 0.25) is 0 Å². The zero-order valence-corrected chi connectivity index (χ0v) is 11.6. The van der Waals surface area contributed by atoms with Crippen LogP contribution in [0.5, 0.6) is 0 Å². The Labute approximate surface area is 115 Å². The molecule has 2 rings (SSSR count). The fourth-order valence-electron chi connectivity index (χ4n) is 1.32. The molecule has 2 aromatic rings. The van der Waals surface area contributed by atoms with E-state index in [9.17, 15) is 4.79 Å². The van der Waals surface area contributed by atoms with E-state index in [-0.39, 0.29) is 18.4 Å². The third-order valence-corrected chi connectivity index (χ3v) is 2.98. The van der Waals surface area contributed by atoms with E-state index in [0.717, 1.165) is 5.82 Å². The zero-order valence-electron chi connectivity index (χ0n) is 10.8. The largest absolute Gasteiger partial charge is 0.351 e. The van der Waals surface area contributed by atoms with Crippen LogP contribution in [0.4, 0.5) is 10.9 Å². The van der Waals surface area contributed by atoms with Crippen molar-refractivity contribution >= 4 is 28.4 Å². The number of carbonyl (C=O) groups is 1. The molecule has 6 nitrogen and oxygen atoms in total.